The van der Waals surface area contributed by atoms with Gasteiger partial charge in [0.1, 0.15) is 5.75 Å². The van der Waals surface area contributed by atoms with Crippen LogP contribution in [0.4, 0.5) is 0 Å². The first kappa shape index (κ1) is 19.6. The minimum atomic E-state index is -0.788. The number of nitrogens with zero attached hydrogens (tertiary/aromatic N) is 1. The Bertz CT molecular complexity index is 803. The predicted octanol–water partition coefficient (Wildman–Crippen LogP) is 1.55. The van der Waals surface area contributed by atoms with Crippen molar-refractivity contribution in [3.05, 3.63) is 65.7 Å². The number of imide groups is 1. The molecule has 0 bridgehead atoms. The van der Waals surface area contributed by atoms with Gasteiger partial charge in [-0.3, -0.25) is 14.9 Å². The van der Waals surface area contributed by atoms with Crippen molar-refractivity contribution in [3.8, 4) is 5.75 Å². The van der Waals surface area contributed by atoms with Crippen LogP contribution in [-0.2, 0) is 19.2 Å². The largest absolute Gasteiger partial charge is 0.497 e. The van der Waals surface area contributed by atoms with Gasteiger partial charge in [-0.1, -0.05) is 23.4 Å². The first-order chi connectivity index (χ1) is 13.1. The molecule has 2 aromatic carbocycles. The maximum atomic E-state index is 11.8. The average molecular weight is 370 g/mol. The summed E-state index contributed by atoms with van der Waals surface area (Å²) in [5, 5.41) is 5.74. The summed E-state index contributed by atoms with van der Waals surface area (Å²) in [7, 11) is 1.57. The highest BCUT2D eigenvalue weighted by atomic mass is 16.7. The second-order valence-electron chi connectivity index (χ2n) is 5.19. The molecule has 0 fully saturated rings. The van der Waals surface area contributed by atoms with E-state index < -0.39 is 31.0 Å². The topological polar surface area (TPSA) is 103 Å². The molecule has 0 spiro atoms. The minimum Gasteiger partial charge on any atom is -0.497 e. The quantitative estimate of drug-likeness (QED) is 0.430. The highest BCUT2D eigenvalue weighted by molar-refractivity contribution is 6.05. The third-order valence-corrected chi connectivity index (χ3v) is 3.23. The molecule has 1 N–H and O–H groups in total. The second-order valence-corrected chi connectivity index (χ2v) is 5.19. The fourth-order valence-corrected chi connectivity index (χ4v) is 1.89. The number of methoxy groups -OCH3 is 1. The maximum absolute atomic E-state index is 11.8. The molecule has 0 atom stereocenters. The Labute approximate surface area is 155 Å². The maximum Gasteiger partial charge on any atom is 0.347 e. The van der Waals surface area contributed by atoms with Crippen molar-refractivity contribution in [2.24, 2.45) is 5.16 Å². The summed E-state index contributed by atoms with van der Waals surface area (Å²) in [6, 6.07) is 15.2. The van der Waals surface area contributed by atoms with Crippen molar-refractivity contribution in [1.29, 1.82) is 0 Å². The number of nitrogens with one attached hydrogen (secondary N) is 1. The van der Waals surface area contributed by atoms with Gasteiger partial charge in [0.25, 0.3) is 11.8 Å². The molecule has 140 valence electrons. The molecule has 0 aromatic heterocycles. The predicted molar refractivity (Wildman–Crippen MR) is 96.4 cm³/mol. The zero-order valence-corrected chi connectivity index (χ0v) is 14.6. The Morgan fingerprint density at radius 1 is 1.00 bits per heavy atom. The van der Waals surface area contributed by atoms with Crippen molar-refractivity contribution < 1.29 is 28.7 Å². The zero-order chi connectivity index (χ0) is 19.5. The van der Waals surface area contributed by atoms with Gasteiger partial charge in [-0.25, -0.2) is 4.79 Å². The molecule has 0 saturated heterocycles. The SMILES string of the molecule is COc1ccc(/C=N\OCC(=O)OCC(=O)NC(=O)c2ccccc2)cc1. The Balaban J connectivity index is 1.65. The number of esters is 1. The van der Waals surface area contributed by atoms with Crippen molar-refractivity contribution in [3.63, 3.8) is 0 Å². The van der Waals surface area contributed by atoms with Crippen molar-refractivity contribution in [1.82, 2.24) is 5.32 Å². The number of ether oxygens (including phenoxy) is 2. The van der Waals surface area contributed by atoms with Gasteiger partial charge in [0.05, 0.1) is 13.3 Å². The van der Waals surface area contributed by atoms with E-state index in [0.717, 1.165) is 5.56 Å². The molecule has 8 heteroatoms. The molecule has 0 heterocycles. The van der Waals surface area contributed by atoms with E-state index in [1.54, 1.807) is 61.7 Å². The van der Waals surface area contributed by atoms with Crippen LogP contribution >= 0.6 is 0 Å². The van der Waals surface area contributed by atoms with Crippen LogP contribution in [0.2, 0.25) is 0 Å². The molecule has 8 nitrogen and oxygen atoms in total. The molecular formula is C19H18N2O6. The van der Waals surface area contributed by atoms with Crippen molar-refractivity contribution in [2.75, 3.05) is 20.3 Å². The molecular weight excluding hydrogens is 352 g/mol. The molecule has 2 amide bonds. The lowest BCUT2D eigenvalue weighted by atomic mass is 10.2. The lowest BCUT2D eigenvalue weighted by Crippen LogP contribution is -2.34. The van der Waals surface area contributed by atoms with Gasteiger partial charge in [0.15, 0.2) is 6.61 Å². The highest BCUT2D eigenvalue weighted by Gasteiger charge is 2.12. The number of carbonyl (C=O) groups is 3. The van der Waals surface area contributed by atoms with Crippen LogP contribution < -0.4 is 10.1 Å². The van der Waals surface area contributed by atoms with Crippen LogP contribution in [0.25, 0.3) is 0 Å². The smallest absolute Gasteiger partial charge is 0.347 e. The van der Waals surface area contributed by atoms with E-state index in [-0.39, 0.29) is 0 Å². The second kappa shape index (κ2) is 10.3. The number of oxime groups is 1. The lowest BCUT2D eigenvalue weighted by molar-refractivity contribution is -0.152. The molecule has 2 aromatic rings. The summed E-state index contributed by atoms with van der Waals surface area (Å²) < 4.78 is 9.74. The third-order valence-electron chi connectivity index (χ3n) is 3.23. The Morgan fingerprint density at radius 3 is 2.37 bits per heavy atom. The van der Waals surface area contributed by atoms with Crippen molar-refractivity contribution >= 4 is 24.0 Å². The molecule has 0 aliphatic rings. The van der Waals surface area contributed by atoms with Crippen LogP contribution in [0.15, 0.2) is 59.8 Å². The number of carbonyl (C=O) groups excluding carboxylic acids is 3. The van der Waals surface area contributed by atoms with E-state index in [1.165, 1.54) is 6.21 Å². The van der Waals surface area contributed by atoms with E-state index in [2.05, 4.69) is 10.5 Å². The Morgan fingerprint density at radius 2 is 1.70 bits per heavy atom. The zero-order valence-electron chi connectivity index (χ0n) is 14.6. The normalized spacial score (nSPS) is 10.3. The van der Waals surface area contributed by atoms with Crippen LogP contribution in [0.5, 0.6) is 5.75 Å². The summed E-state index contributed by atoms with van der Waals surface area (Å²) >= 11 is 0. The van der Waals surface area contributed by atoms with Gasteiger partial charge >= 0.3 is 5.97 Å². The van der Waals surface area contributed by atoms with E-state index in [4.69, 9.17) is 14.3 Å². The van der Waals surface area contributed by atoms with Crippen LogP contribution in [0.3, 0.4) is 0 Å². The molecule has 27 heavy (non-hydrogen) atoms. The molecule has 0 unspecified atom stereocenters. The van der Waals surface area contributed by atoms with Gasteiger partial charge in [-0.15, -0.1) is 0 Å². The van der Waals surface area contributed by atoms with E-state index >= 15 is 0 Å². The van der Waals surface area contributed by atoms with Gasteiger partial charge in [0, 0.05) is 5.56 Å². The highest BCUT2D eigenvalue weighted by Crippen LogP contribution is 2.09. The standard InChI is InChI=1S/C19H18N2O6/c1-25-16-9-7-14(8-10-16)11-20-27-13-18(23)26-12-17(22)21-19(24)15-5-3-2-4-6-15/h2-11H,12-13H2,1H3,(H,21,22,24)/b20-11-. The van der Waals surface area contributed by atoms with E-state index in [0.29, 0.717) is 11.3 Å². The summed E-state index contributed by atoms with van der Waals surface area (Å²) in [4.78, 5) is 39.7. The van der Waals surface area contributed by atoms with E-state index in [9.17, 15) is 14.4 Å². The monoisotopic (exact) mass is 370 g/mol. The number of hydrogen-bond acceptors (Lipinski definition) is 7. The molecule has 0 aliphatic heterocycles. The summed E-state index contributed by atoms with van der Waals surface area (Å²) in [5.74, 6) is -1.39. The summed E-state index contributed by atoms with van der Waals surface area (Å²) in [6.45, 7) is -1.06. The van der Waals surface area contributed by atoms with Crippen LogP contribution in [0.1, 0.15) is 15.9 Å². The summed E-state index contributed by atoms with van der Waals surface area (Å²) in [5.41, 5.74) is 1.08. The number of rotatable bonds is 8. The first-order valence-corrected chi connectivity index (χ1v) is 7.92. The average Bonchev–Trinajstić information content (AvgIpc) is 2.70. The fraction of sp³-hybridized carbons (Fsp3) is 0.158. The molecule has 2 rings (SSSR count). The summed E-state index contributed by atoms with van der Waals surface area (Å²) in [6.07, 6.45) is 1.41. The first-order valence-electron chi connectivity index (χ1n) is 7.92. The van der Waals surface area contributed by atoms with Crippen molar-refractivity contribution in [2.45, 2.75) is 0 Å². The number of amides is 2. The molecule has 0 radical (unpaired) electrons. The fourth-order valence-electron chi connectivity index (χ4n) is 1.89. The van der Waals surface area contributed by atoms with E-state index in [1.807, 2.05) is 0 Å². The van der Waals surface area contributed by atoms with Gasteiger partial charge in [-0.2, -0.15) is 0 Å². The van der Waals surface area contributed by atoms with Gasteiger partial charge < -0.3 is 14.3 Å². The number of benzene rings is 2. The number of hydrogen-bond donors (Lipinski definition) is 1. The third kappa shape index (κ3) is 6.99. The Kier molecular flexibility index (Phi) is 7.52. The lowest BCUT2D eigenvalue weighted by Gasteiger charge is -2.05. The molecule has 0 saturated carbocycles. The molecule has 0 aliphatic carbocycles. The van der Waals surface area contributed by atoms with Gasteiger partial charge in [-0.05, 0) is 42.0 Å². The minimum absolute atomic E-state index is 0.327. The Hall–Kier alpha value is -3.68. The van der Waals surface area contributed by atoms with Crippen LogP contribution in [-0.4, -0.2) is 44.3 Å². The van der Waals surface area contributed by atoms with Crippen LogP contribution in [0, 0.1) is 0 Å². The van der Waals surface area contributed by atoms with Gasteiger partial charge in [0.2, 0.25) is 6.61 Å².